The molecule has 386 valence electrons. The summed E-state index contributed by atoms with van der Waals surface area (Å²) in [4.78, 5) is 11.3. The van der Waals surface area contributed by atoms with Gasteiger partial charge in [-0.05, 0) is 99.9 Å². The zero-order valence-electron chi connectivity index (χ0n) is 45.7. The number of hydrogen-bond acceptors (Lipinski definition) is 4. The van der Waals surface area contributed by atoms with Crippen LogP contribution in [0.1, 0.15) is 90.1 Å². The van der Waals surface area contributed by atoms with E-state index in [-0.39, 0.29) is 43.1 Å². The largest absolute Gasteiger partial charge is 0.507 e. The van der Waals surface area contributed by atoms with E-state index >= 15 is 0 Å². The van der Waals surface area contributed by atoms with Crippen molar-refractivity contribution < 1.29 is 30.6 Å². The van der Waals surface area contributed by atoms with Crippen molar-refractivity contribution in [2.75, 3.05) is 0 Å². The molecule has 77 heavy (non-hydrogen) atoms. The number of aryl methyl sites for hydroxylation is 2. The first-order valence-corrected chi connectivity index (χ1v) is 26.5. The van der Waals surface area contributed by atoms with Crippen molar-refractivity contribution in [1.82, 2.24) is 19.1 Å². The minimum Gasteiger partial charge on any atom is -0.507 e. The number of nitrogens with zero attached hydrogens (tertiary/aromatic N) is 4. The molecule has 0 spiro atoms. The summed E-state index contributed by atoms with van der Waals surface area (Å²) < 4.78 is 11.2. The van der Waals surface area contributed by atoms with E-state index in [0.717, 1.165) is 128 Å². The molecule has 3 heterocycles. The van der Waals surface area contributed by atoms with Crippen molar-refractivity contribution >= 4 is 44.0 Å². The van der Waals surface area contributed by atoms with E-state index < -0.39 is 0 Å². The molecule has 0 saturated heterocycles. The predicted octanol–water partition coefficient (Wildman–Crippen LogP) is 18.6. The Morgan fingerprint density at radius 1 is 0.468 bits per heavy atom. The maximum Gasteiger partial charge on any atom is 0.148 e. The van der Waals surface area contributed by atoms with Gasteiger partial charge in [-0.1, -0.05) is 195 Å². The van der Waals surface area contributed by atoms with Gasteiger partial charge < -0.3 is 14.1 Å². The van der Waals surface area contributed by atoms with E-state index in [1.807, 2.05) is 0 Å². The number of benzene rings is 9. The summed E-state index contributed by atoms with van der Waals surface area (Å²) in [5.41, 5.74) is 19.7. The standard InChI is InChI=1S/C70H63N4O2.Pt/c1-42-22-20-23-43(2)64(42)74-60-40-54-53-37-46(44-24-14-12-15-25-44)32-33-61(53)76-62(54)41-57(60)71-66(74)48-34-47(35-49(36-48)68(3,4)5)52-29-21-31-59-63(52)72-67(55-38-50(69(6,7)8)39-56(65(55)75)70(9,10)11)73(59)58-30-19-18-28-51(58)45-26-16-13-17-27-45;/h12-33,35-41,75H,1-11H3;/q-1;. The van der Waals surface area contributed by atoms with Crippen molar-refractivity contribution in [3.8, 4) is 73.3 Å². The number of furan rings is 1. The number of hydrogen-bond donors (Lipinski definition) is 1. The van der Waals surface area contributed by atoms with Gasteiger partial charge in [0.2, 0.25) is 0 Å². The monoisotopic (exact) mass is 1190 g/mol. The normalized spacial score (nSPS) is 12.3. The molecule has 0 amide bonds. The zero-order chi connectivity index (χ0) is 53.0. The molecule has 12 aromatic rings. The number of phenolic OH excluding ortho intramolecular Hbond substituents is 1. The van der Waals surface area contributed by atoms with Crippen molar-refractivity contribution in [2.24, 2.45) is 0 Å². The van der Waals surface area contributed by atoms with Gasteiger partial charge in [-0.25, -0.2) is 4.98 Å². The molecule has 12 rings (SSSR count). The zero-order valence-corrected chi connectivity index (χ0v) is 48.0. The Hall–Kier alpha value is -7.79. The van der Waals surface area contributed by atoms with Crippen molar-refractivity contribution in [1.29, 1.82) is 0 Å². The molecule has 0 saturated carbocycles. The summed E-state index contributed by atoms with van der Waals surface area (Å²) in [5, 5.41) is 14.7. The number of rotatable bonds is 7. The van der Waals surface area contributed by atoms with E-state index in [4.69, 9.17) is 14.4 Å². The molecular formula is C70H63N4O2Pt-. The van der Waals surface area contributed by atoms with Gasteiger partial charge >= 0.3 is 0 Å². The van der Waals surface area contributed by atoms with Crippen LogP contribution < -0.4 is 0 Å². The van der Waals surface area contributed by atoms with Crippen LogP contribution in [-0.2, 0) is 37.3 Å². The minimum atomic E-state index is -0.348. The molecule has 9 aromatic carbocycles. The van der Waals surface area contributed by atoms with E-state index in [1.54, 1.807) is 0 Å². The number of phenols is 1. The van der Waals surface area contributed by atoms with Crippen molar-refractivity contribution in [3.63, 3.8) is 0 Å². The number of aromatic nitrogens is 4. The molecule has 0 radical (unpaired) electrons. The van der Waals surface area contributed by atoms with E-state index in [0.29, 0.717) is 11.4 Å². The van der Waals surface area contributed by atoms with E-state index in [2.05, 4.69) is 267 Å². The number of para-hydroxylation sites is 3. The summed E-state index contributed by atoms with van der Waals surface area (Å²) in [7, 11) is 0. The van der Waals surface area contributed by atoms with Crippen LogP contribution in [0, 0.1) is 19.9 Å². The van der Waals surface area contributed by atoms with Gasteiger partial charge in [0.25, 0.3) is 0 Å². The van der Waals surface area contributed by atoms with Gasteiger partial charge in [-0.2, -0.15) is 0 Å². The first-order valence-electron chi connectivity index (χ1n) is 26.5. The fraction of sp³-hybridized carbons (Fsp3) is 0.200. The smallest absolute Gasteiger partial charge is 0.148 e. The SMILES string of the molecule is Cc1cccc(C)c1-n1c(-c2[c-]c(-c3cccc4c3nc(-c3cc(C(C)(C)C)cc(C(C)(C)C)c3O)n4-c3ccccc3-c3ccccc3)cc(C(C)(C)C)c2)nc2cc3oc4ccc(-c5ccccc5)cc4c3cc21.[Pt]. The van der Waals surface area contributed by atoms with Crippen molar-refractivity contribution in [3.05, 3.63) is 210 Å². The van der Waals surface area contributed by atoms with Gasteiger partial charge in [0.1, 0.15) is 22.7 Å². The quantitative estimate of drug-likeness (QED) is 0.161. The van der Waals surface area contributed by atoms with E-state index in [1.165, 1.54) is 0 Å². The third kappa shape index (κ3) is 9.01. The molecule has 0 aliphatic carbocycles. The van der Waals surface area contributed by atoms with Gasteiger partial charge in [-0.15, -0.1) is 29.3 Å². The molecule has 7 heteroatoms. The molecule has 0 aliphatic rings. The second-order valence-corrected chi connectivity index (χ2v) is 23.7. The fourth-order valence-corrected chi connectivity index (χ4v) is 11.1. The van der Waals surface area contributed by atoms with E-state index in [9.17, 15) is 5.11 Å². The summed E-state index contributed by atoms with van der Waals surface area (Å²) in [5.74, 6) is 1.69. The first-order chi connectivity index (χ1) is 36.3. The van der Waals surface area contributed by atoms with Gasteiger partial charge in [-0.3, -0.25) is 9.55 Å². The molecule has 0 unspecified atom stereocenters. The summed E-state index contributed by atoms with van der Waals surface area (Å²) in [6, 6.07) is 66.2. The molecule has 3 aromatic heterocycles. The van der Waals surface area contributed by atoms with Crippen LogP contribution >= 0.6 is 0 Å². The molecule has 6 nitrogen and oxygen atoms in total. The minimum absolute atomic E-state index is 0. The molecule has 0 bridgehead atoms. The van der Waals surface area contributed by atoms with Gasteiger partial charge in [0.15, 0.2) is 0 Å². The van der Waals surface area contributed by atoms with Crippen LogP contribution in [0.3, 0.4) is 0 Å². The summed E-state index contributed by atoms with van der Waals surface area (Å²) in [6.07, 6.45) is 0. The average Bonchev–Trinajstić information content (AvgIpc) is 4.08. The molecule has 0 fully saturated rings. The first kappa shape index (κ1) is 51.3. The second-order valence-electron chi connectivity index (χ2n) is 23.7. The number of fused-ring (bicyclic) bond motifs is 5. The molecule has 1 N–H and O–H groups in total. The number of imidazole rings is 2. The topological polar surface area (TPSA) is 69.0 Å². The number of aromatic hydroxyl groups is 1. The van der Waals surface area contributed by atoms with Gasteiger partial charge in [0.05, 0.1) is 39.1 Å². The summed E-state index contributed by atoms with van der Waals surface area (Å²) >= 11 is 0. The Balaban J connectivity index is 0.00000631. The van der Waals surface area contributed by atoms with Crippen LogP contribution in [0.4, 0.5) is 0 Å². The van der Waals surface area contributed by atoms with Gasteiger partial charge in [0, 0.05) is 54.7 Å². The third-order valence-corrected chi connectivity index (χ3v) is 15.2. The Morgan fingerprint density at radius 2 is 1.08 bits per heavy atom. The van der Waals surface area contributed by atoms with Crippen LogP contribution in [-0.4, -0.2) is 24.2 Å². The maximum absolute atomic E-state index is 12.6. The average molecular weight is 1190 g/mol. The summed E-state index contributed by atoms with van der Waals surface area (Å²) in [6.45, 7) is 24.3. The Kier molecular flexibility index (Phi) is 12.7. The molecule has 0 atom stereocenters. The third-order valence-electron chi connectivity index (χ3n) is 15.2. The predicted molar refractivity (Wildman–Crippen MR) is 316 cm³/mol. The Bertz CT molecular complexity index is 4230. The maximum atomic E-state index is 12.6. The fourth-order valence-electron chi connectivity index (χ4n) is 11.1. The van der Waals surface area contributed by atoms with Crippen LogP contribution in [0.15, 0.2) is 180 Å². The van der Waals surface area contributed by atoms with Crippen molar-refractivity contribution in [2.45, 2.75) is 92.4 Å². The second kappa shape index (κ2) is 19.0. The van der Waals surface area contributed by atoms with Crippen LogP contribution in [0.25, 0.3) is 112 Å². The molecule has 0 aliphatic heterocycles. The van der Waals surface area contributed by atoms with Crippen LogP contribution in [0.2, 0.25) is 0 Å². The molecular weight excluding hydrogens is 1120 g/mol. The van der Waals surface area contributed by atoms with Crippen LogP contribution in [0.5, 0.6) is 5.75 Å². The Labute approximate surface area is 466 Å². The Morgan fingerprint density at radius 3 is 1.77 bits per heavy atom.